The summed E-state index contributed by atoms with van der Waals surface area (Å²) < 4.78 is 0. The Kier molecular flexibility index (Phi) is 10.4. The van der Waals surface area contributed by atoms with E-state index in [2.05, 4.69) is 32.4 Å². The van der Waals surface area contributed by atoms with Crippen LogP contribution in [0, 0.1) is 0 Å². The van der Waals surface area contributed by atoms with Gasteiger partial charge in [0.15, 0.2) is 0 Å². The number of hydrogen-bond acceptors (Lipinski definition) is 6. The third kappa shape index (κ3) is 9.56. The summed E-state index contributed by atoms with van der Waals surface area (Å²) in [6, 6.07) is 0.459. The van der Waals surface area contributed by atoms with Gasteiger partial charge < -0.3 is 20.6 Å². The number of likely N-dealkylation sites (tertiary alicyclic amines) is 1. The van der Waals surface area contributed by atoms with Gasteiger partial charge in [0.1, 0.15) is 0 Å². The Hall–Kier alpha value is -1.71. The molecule has 0 spiro atoms. The number of piperazine rings is 1. The van der Waals surface area contributed by atoms with Gasteiger partial charge >= 0.3 is 5.97 Å². The molecule has 3 N–H and O–H groups in total. The van der Waals surface area contributed by atoms with E-state index in [9.17, 15) is 14.4 Å². The van der Waals surface area contributed by atoms with E-state index in [4.69, 9.17) is 5.11 Å². The van der Waals surface area contributed by atoms with Crippen molar-refractivity contribution in [1.82, 2.24) is 25.3 Å². The van der Waals surface area contributed by atoms with Crippen LogP contribution in [0.4, 0.5) is 0 Å². The summed E-state index contributed by atoms with van der Waals surface area (Å²) in [5.74, 6) is -0.931. The number of rotatable bonds is 12. The predicted octanol–water partition coefficient (Wildman–Crippen LogP) is -0.424. The highest BCUT2D eigenvalue weighted by Gasteiger charge is 2.28. The largest absolute Gasteiger partial charge is 0.481 e. The van der Waals surface area contributed by atoms with Crippen LogP contribution < -0.4 is 10.6 Å². The highest BCUT2D eigenvalue weighted by Crippen LogP contribution is 2.18. The molecular weight excluding hydrogens is 385 g/mol. The smallest absolute Gasteiger partial charge is 0.303 e. The molecule has 2 heterocycles. The minimum absolute atomic E-state index is 0.0251. The van der Waals surface area contributed by atoms with Crippen LogP contribution >= 0.6 is 0 Å². The van der Waals surface area contributed by atoms with Gasteiger partial charge in [-0.2, -0.15) is 0 Å². The Balaban J connectivity index is 1.55. The van der Waals surface area contributed by atoms with Gasteiger partial charge in [0.05, 0.1) is 6.54 Å². The van der Waals surface area contributed by atoms with Crippen LogP contribution in [0.2, 0.25) is 0 Å². The molecule has 9 nitrogen and oxygen atoms in total. The monoisotopic (exact) mass is 422 g/mol. The number of aliphatic carboxylic acids is 1. The number of nitrogens with one attached hydrogen (secondary N) is 2. The molecule has 2 fully saturated rings. The Labute approximate surface area is 173 Å². The van der Waals surface area contributed by atoms with Crippen molar-refractivity contribution in [2.24, 2.45) is 0 Å². The minimum Gasteiger partial charge on any atom is -0.481 e. The van der Waals surface area contributed by atoms with Gasteiger partial charge in [-0.25, -0.2) is 0 Å². The molecular formula is C20H37N5O4. The van der Waals surface area contributed by atoms with Crippen molar-refractivity contribution in [1.29, 1.82) is 0 Å². The van der Waals surface area contributed by atoms with Gasteiger partial charge in [-0.15, -0.1) is 0 Å². The van der Waals surface area contributed by atoms with Gasteiger partial charge in [-0.05, 0) is 39.3 Å². The fourth-order valence-corrected chi connectivity index (χ4v) is 3.91. The zero-order valence-corrected chi connectivity index (χ0v) is 17.7. The first-order chi connectivity index (χ1) is 13.9. The first-order valence-electron chi connectivity index (χ1n) is 10.8. The molecule has 166 valence electrons. The average molecular weight is 422 g/mol. The number of amides is 2. The molecule has 0 aliphatic carbocycles. The van der Waals surface area contributed by atoms with E-state index in [-0.39, 0.29) is 18.2 Å². The molecule has 1 unspecified atom stereocenters. The summed E-state index contributed by atoms with van der Waals surface area (Å²) in [5.41, 5.74) is 0. The minimum atomic E-state index is -0.856. The van der Waals surface area contributed by atoms with Crippen LogP contribution in [0.25, 0.3) is 0 Å². The van der Waals surface area contributed by atoms with Gasteiger partial charge in [0.2, 0.25) is 11.8 Å². The molecule has 1 atom stereocenters. The zero-order chi connectivity index (χ0) is 21.1. The van der Waals surface area contributed by atoms with E-state index in [1.807, 2.05) is 0 Å². The molecule has 0 aromatic heterocycles. The number of nitrogens with zero attached hydrogens (tertiary/aromatic N) is 3. The maximum Gasteiger partial charge on any atom is 0.303 e. The van der Waals surface area contributed by atoms with Gasteiger partial charge in [-0.3, -0.25) is 24.2 Å². The molecule has 2 aliphatic rings. The van der Waals surface area contributed by atoms with E-state index < -0.39 is 5.97 Å². The lowest BCUT2D eigenvalue weighted by molar-refractivity contribution is -0.137. The van der Waals surface area contributed by atoms with Crippen molar-refractivity contribution in [3.05, 3.63) is 0 Å². The lowest BCUT2D eigenvalue weighted by Gasteiger charge is -2.36. The summed E-state index contributed by atoms with van der Waals surface area (Å²) in [5, 5.41) is 14.2. The third-order valence-corrected chi connectivity index (χ3v) is 5.70. The van der Waals surface area contributed by atoms with Crippen LogP contribution in [0.15, 0.2) is 0 Å². The molecule has 0 saturated carbocycles. The number of carbonyl (C=O) groups is 3. The zero-order valence-electron chi connectivity index (χ0n) is 17.7. The fourth-order valence-electron chi connectivity index (χ4n) is 3.91. The summed E-state index contributed by atoms with van der Waals surface area (Å²) in [6.07, 6.45) is 3.71. The molecule has 0 aromatic rings. The van der Waals surface area contributed by atoms with Crippen LogP contribution in [0.5, 0.6) is 0 Å². The highest BCUT2D eigenvalue weighted by molar-refractivity contribution is 5.78. The van der Waals surface area contributed by atoms with Crippen molar-refractivity contribution < 1.29 is 19.5 Å². The Morgan fingerprint density at radius 1 is 0.931 bits per heavy atom. The van der Waals surface area contributed by atoms with Crippen LogP contribution in [0.3, 0.4) is 0 Å². The van der Waals surface area contributed by atoms with Crippen molar-refractivity contribution >= 4 is 17.8 Å². The molecule has 9 heteroatoms. The molecule has 2 rings (SSSR count). The first-order valence-corrected chi connectivity index (χ1v) is 10.8. The predicted molar refractivity (Wildman–Crippen MR) is 111 cm³/mol. The first kappa shape index (κ1) is 23.6. The number of carbonyl (C=O) groups excluding carboxylic acids is 2. The normalized spacial score (nSPS) is 21.2. The molecule has 2 saturated heterocycles. The summed E-state index contributed by atoms with van der Waals surface area (Å²) in [4.78, 5) is 41.5. The molecule has 2 aliphatic heterocycles. The van der Waals surface area contributed by atoms with E-state index in [1.54, 1.807) is 0 Å². The van der Waals surface area contributed by atoms with Gasteiger partial charge in [0.25, 0.3) is 0 Å². The lowest BCUT2D eigenvalue weighted by atomic mass is 10.4. The quantitative estimate of drug-likeness (QED) is 0.223. The van der Waals surface area contributed by atoms with Crippen molar-refractivity contribution in [3.63, 3.8) is 0 Å². The van der Waals surface area contributed by atoms with E-state index in [1.165, 1.54) is 0 Å². The number of carboxylic acids is 1. The van der Waals surface area contributed by atoms with Crippen molar-refractivity contribution in [3.8, 4) is 0 Å². The molecule has 0 radical (unpaired) electrons. The highest BCUT2D eigenvalue weighted by atomic mass is 16.4. The van der Waals surface area contributed by atoms with E-state index in [0.29, 0.717) is 44.9 Å². The Bertz CT molecular complexity index is 537. The SMILES string of the molecule is CN1CC[15N]([13CH2][13CH]2[13CH2][13CH2][13CH2][15N]2[13CH2][13C](=O)NCC[13CH2]C(=O)NCC[13CH2]C(=O)O)CC1. The summed E-state index contributed by atoms with van der Waals surface area (Å²) >= 11 is 0. The molecule has 0 bridgehead atoms. The maximum atomic E-state index is 12.3. The Morgan fingerprint density at radius 3 is 2.28 bits per heavy atom. The van der Waals surface area contributed by atoms with Gasteiger partial charge in [0, 0.05) is 64.7 Å². The fraction of sp³-hybridized carbons (Fsp3) is 0.850. The third-order valence-electron chi connectivity index (χ3n) is 5.70. The lowest BCUT2D eigenvalue weighted by Crippen LogP contribution is -2.50. The van der Waals surface area contributed by atoms with Crippen LogP contribution in [0.1, 0.15) is 38.5 Å². The summed E-state index contributed by atoms with van der Waals surface area (Å²) in [7, 11) is 2.16. The number of carboxylic acid groups (broad SMARTS) is 1. The second-order valence-electron chi connectivity index (χ2n) is 8.17. The standard InChI is InChI=1S/C20H37N5O4/c1-23-11-13-24(14-12-23)15-17-5-4-10-25(17)16-19(27)22-8-2-6-18(26)21-9-3-7-20(28)29/h17H,2-16H2,1H3,(H,21,26)(H,22,27)(H,28,29)/i4+1,5+1,6+1,7+1,10+1,15+1,16+1,17+1,19+1,24+1,25+1. The average Bonchev–Trinajstić information content (AvgIpc) is 3.10. The van der Waals surface area contributed by atoms with E-state index >= 15 is 0 Å². The van der Waals surface area contributed by atoms with Crippen LogP contribution in [-0.4, -0.2) is 110 Å². The second kappa shape index (κ2) is 12.8. The number of hydrogen-bond donors (Lipinski definition) is 3. The van der Waals surface area contributed by atoms with Crippen molar-refractivity contribution in [2.45, 2.75) is 44.6 Å². The second-order valence-corrected chi connectivity index (χ2v) is 8.17. The van der Waals surface area contributed by atoms with Crippen molar-refractivity contribution in [2.75, 3.05) is 66.0 Å². The van der Waals surface area contributed by atoms with Crippen LogP contribution in [-0.2, 0) is 14.4 Å². The Morgan fingerprint density at radius 2 is 1.59 bits per heavy atom. The molecule has 2 amide bonds. The topological polar surface area (TPSA) is 105 Å². The molecule has 29 heavy (non-hydrogen) atoms. The van der Waals surface area contributed by atoms with E-state index in [0.717, 1.165) is 52.1 Å². The molecule has 0 aromatic carbocycles. The summed E-state index contributed by atoms with van der Waals surface area (Å²) in [6.45, 7) is 7.74. The number of likely N-dealkylation sites (N-methyl/N-ethyl adjacent to an activating group) is 1. The maximum absolute atomic E-state index is 12.3. The van der Waals surface area contributed by atoms with Gasteiger partial charge in [-0.1, -0.05) is 0 Å².